The lowest BCUT2D eigenvalue weighted by atomic mass is 9.88. The molecule has 1 aliphatic heterocycles. The molecule has 1 unspecified atom stereocenters. The van der Waals surface area contributed by atoms with Crippen LogP contribution in [0.1, 0.15) is 51.7 Å². The molecule has 3 aromatic rings. The van der Waals surface area contributed by atoms with E-state index < -0.39 is 29.1 Å². The van der Waals surface area contributed by atoms with Crippen LogP contribution in [0.4, 0.5) is 17.6 Å². The van der Waals surface area contributed by atoms with Crippen LogP contribution in [0, 0.1) is 12.7 Å². The smallest absolute Gasteiger partial charge is 0.384 e. The minimum absolute atomic E-state index is 0.107. The fourth-order valence-corrected chi connectivity index (χ4v) is 4.54. The maximum Gasteiger partial charge on any atom is 0.417 e. The molecule has 2 aromatic carbocycles. The Kier molecular flexibility index (Phi) is 7.43. The quantitative estimate of drug-likeness (QED) is 0.254. The van der Waals surface area contributed by atoms with Crippen LogP contribution in [0.25, 0.3) is 0 Å². The molecule has 1 aromatic heterocycles. The number of aryl methyl sites for hydroxylation is 1. The molecule has 1 N–H and O–H groups in total. The highest BCUT2D eigenvalue weighted by Gasteiger charge is 2.38. The predicted octanol–water partition coefficient (Wildman–Crippen LogP) is 7.48. The van der Waals surface area contributed by atoms with Crippen molar-refractivity contribution in [3.8, 4) is 0 Å². The molecule has 1 atom stereocenters. The molecular formula is C25H18Cl3F4N3O2. The minimum Gasteiger partial charge on any atom is -0.384 e. The molecule has 37 heavy (non-hydrogen) atoms. The van der Waals surface area contributed by atoms with Crippen molar-refractivity contribution in [1.82, 2.24) is 10.3 Å². The van der Waals surface area contributed by atoms with Gasteiger partial charge in [-0.15, -0.1) is 0 Å². The van der Waals surface area contributed by atoms with Gasteiger partial charge in [-0.05, 0) is 55.3 Å². The summed E-state index contributed by atoms with van der Waals surface area (Å²) < 4.78 is 52.2. The second-order valence-corrected chi connectivity index (χ2v) is 9.88. The van der Waals surface area contributed by atoms with E-state index in [2.05, 4.69) is 15.5 Å². The lowest BCUT2D eigenvalue weighted by Gasteiger charge is -2.22. The Morgan fingerprint density at radius 1 is 1.11 bits per heavy atom. The standard InChI is InChI=1S/C25H18Cl3F4N3O2/c1-12-5-13(20-9-24(2,37-35-20)14-6-18(27)22(29)19(28)7-14)3-4-16(12)23(36)34-11-21-17(26)8-15(10-33-21)25(30,31)32/h3-8,10H,9,11H2,1-2H3,(H,34,36). The monoisotopic (exact) mass is 573 g/mol. The molecule has 0 radical (unpaired) electrons. The number of aromatic nitrogens is 1. The highest BCUT2D eigenvalue weighted by atomic mass is 35.5. The largest absolute Gasteiger partial charge is 0.417 e. The van der Waals surface area contributed by atoms with Gasteiger partial charge < -0.3 is 10.2 Å². The van der Waals surface area contributed by atoms with E-state index in [1.165, 1.54) is 12.1 Å². The van der Waals surface area contributed by atoms with Crippen molar-refractivity contribution in [3.05, 3.63) is 97.0 Å². The Bertz CT molecular complexity index is 1410. The second-order valence-electron chi connectivity index (χ2n) is 8.65. The number of carbonyl (C=O) groups is 1. The van der Waals surface area contributed by atoms with Crippen LogP contribution in [-0.4, -0.2) is 16.6 Å². The Balaban J connectivity index is 1.45. The lowest BCUT2D eigenvalue weighted by molar-refractivity contribution is -0.137. The number of rotatable bonds is 5. The molecule has 0 aliphatic carbocycles. The van der Waals surface area contributed by atoms with E-state index in [9.17, 15) is 22.4 Å². The fourth-order valence-electron chi connectivity index (χ4n) is 3.82. The van der Waals surface area contributed by atoms with Gasteiger partial charge >= 0.3 is 6.18 Å². The third kappa shape index (κ3) is 5.68. The highest BCUT2D eigenvalue weighted by Crippen LogP contribution is 2.39. The Labute approximate surface area is 224 Å². The van der Waals surface area contributed by atoms with Crippen molar-refractivity contribution in [1.29, 1.82) is 0 Å². The summed E-state index contributed by atoms with van der Waals surface area (Å²) in [5.74, 6) is -1.16. The molecule has 5 nitrogen and oxygen atoms in total. The molecular weight excluding hydrogens is 557 g/mol. The molecule has 4 rings (SSSR count). The third-order valence-electron chi connectivity index (χ3n) is 5.92. The molecule has 0 saturated carbocycles. The van der Waals surface area contributed by atoms with Gasteiger partial charge in [0.25, 0.3) is 5.91 Å². The number of nitrogens with one attached hydrogen (secondary N) is 1. The maximum atomic E-state index is 13.8. The van der Waals surface area contributed by atoms with Crippen LogP contribution in [0.5, 0.6) is 0 Å². The van der Waals surface area contributed by atoms with Crippen LogP contribution in [0.3, 0.4) is 0 Å². The Hall–Kier alpha value is -2.88. The highest BCUT2D eigenvalue weighted by molar-refractivity contribution is 6.35. The van der Waals surface area contributed by atoms with Crippen molar-refractivity contribution in [2.24, 2.45) is 5.16 Å². The van der Waals surface area contributed by atoms with Crippen LogP contribution < -0.4 is 5.32 Å². The van der Waals surface area contributed by atoms with E-state index in [1.807, 2.05) is 0 Å². The molecule has 0 spiro atoms. The van der Waals surface area contributed by atoms with Gasteiger partial charge in [-0.25, -0.2) is 4.39 Å². The Morgan fingerprint density at radius 3 is 2.38 bits per heavy atom. The summed E-state index contributed by atoms with van der Waals surface area (Å²) in [6.45, 7) is 3.36. The van der Waals surface area contributed by atoms with E-state index in [-0.39, 0.29) is 27.3 Å². The number of hydrogen-bond acceptors (Lipinski definition) is 4. The summed E-state index contributed by atoms with van der Waals surface area (Å²) in [5.41, 5.74) is 1.07. The van der Waals surface area contributed by atoms with E-state index in [1.54, 1.807) is 32.0 Å². The first-order valence-corrected chi connectivity index (χ1v) is 11.9. The number of benzene rings is 2. The van der Waals surface area contributed by atoms with Crippen molar-refractivity contribution in [2.45, 2.75) is 38.6 Å². The predicted molar refractivity (Wildman–Crippen MR) is 133 cm³/mol. The van der Waals surface area contributed by atoms with Gasteiger partial charge in [0.15, 0.2) is 11.4 Å². The van der Waals surface area contributed by atoms with E-state index in [4.69, 9.17) is 39.6 Å². The summed E-state index contributed by atoms with van der Waals surface area (Å²) in [6, 6.07) is 8.71. The molecule has 12 heteroatoms. The minimum atomic E-state index is -4.57. The van der Waals surface area contributed by atoms with Crippen LogP contribution >= 0.6 is 34.8 Å². The number of carbonyl (C=O) groups excluding carboxylic acids is 1. The average Bonchev–Trinajstić information content (AvgIpc) is 3.24. The zero-order valence-electron chi connectivity index (χ0n) is 19.3. The van der Waals surface area contributed by atoms with Crippen molar-refractivity contribution in [2.75, 3.05) is 0 Å². The van der Waals surface area contributed by atoms with E-state index >= 15 is 0 Å². The number of nitrogens with zero attached hydrogens (tertiary/aromatic N) is 2. The van der Waals surface area contributed by atoms with Gasteiger partial charge in [-0.3, -0.25) is 9.78 Å². The average molecular weight is 575 g/mol. The number of halogens is 7. The molecule has 0 saturated heterocycles. The van der Waals surface area contributed by atoms with Crippen molar-refractivity contribution >= 4 is 46.4 Å². The van der Waals surface area contributed by atoms with Gasteiger partial charge in [0.2, 0.25) is 0 Å². The maximum absolute atomic E-state index is 13.8. The zero-order chi connectivity index (χ0) is 27.1. The van der Waals surface area contributed by atoms with Gasteiger partial charge in [-0.1, -0.05) is 46.0 Å². The molecule has 2 heterocycles. The fraction of sp³-hybridized carbons (Fsp3) is 0.240. The van der Waals surface area contributed by atoms with E-state index in [0.29, 0.717) is 40.6 Å². The molecule has 194 valence electrons. The van der Waals surface area contributed by atoms with Crippen LogP contribution in [-0.2, 0) is 23.2 Å². The topological polar surface area (TPSA) is 63.6 Å². The van der Waals surface area contributed by atoms with Crippen LogP contribution in [0.2, 0.25) is 15.1 Å². The summed E-state index contributed by atoms with van der Waals surface area (Å²) >= 11 is 17.8. The number of amides is 1. The first-order chi connectivity index (χ1) is 17.3. The van der Waals surface area contributed by atoms with E-state index in [0.717, 1.165) is 6.07 Å². The summed E-state index contributed by atoms with van der Waals surface area (Å²) in [7, 11) is 0. The zero-order valence-corrected chi connectivity index (χ0v) is 21.6. The van der Waals surface area contributed by atoms with Crippen molar-refractivity contribution in [3.63, 3.8) is 0 Å². The second kappa shape index (κ2) is 10.1. The molecule has 1 aliphatic rings. The summed E-state index contributed by atoms with van der Waals surface area (Å²) in [5, 5.41) is 6.34. The molecule has 1 amide bonds. The van der Waals surface area contributed by atoms with Gasteiger partial charge in [0.05, 0.1) is 38.6 Å². The molecule has 0 bridgehead atoms. The van der Waals surface area contributed by atoms with Gasteiger partial charge in [0, 0.05) is 23.7 Å². The van der Waals surface area contributed by atoms with Crippen LogP contribution in [0.15, 0.2) is 47.8 Å². The third-order valence-corrected chi connectivity index (χ3v) is 6.80. The number of oxime groups is 1. The summed E-state index contributed by atoms with van der Waals surface area (Å²) in [6.07, 6.45) is -3.56. The first kappa shape index (κ1) is 27.2. The van der Waals surface area contributed by atoms with Gasteiger partial charge in [-0.2, -0.15) is 13.2 Å². The first-order valence-electron chi connectivity index (χ1n) is 10.8. The number of alkyl halides is 3. The van der Waals surface area contributed by atoms with Crippen molar-refractivity contribution < 1.29 is 27.2 Å². The normalized spacial score (nSPS) is 17.4. The SMILES string of the molecule is Cc1cc(C2=NOC(C)(c3cc(Cl)c(F)c(Cl)c3)C2)ccc1C(=O)NCc1ncc(C(F)(F)F)cc1Cl. The number of hydrogen-bond donors (Lipinski definition) is 1. The van der Waals surface area contributed by atoms with Gasteiger partial charge in [0.1, 0.15) is 0 Å². The number of pyridine rings is 1. The molecule has 0 fully saturated rings. The lowest BCUT2D eigenvalue weighted by Crippen LogP contribution is -2.25. The summed E-state index contributed by atoms with van der Waals surface area (Å²) in [4.78, 5) is 22.1. The Morgan fingerprint density at radius 2 is 1.78 bits per heavy atom.